The van der Waals surface area contributed by atoms with Gasteiger partial charge in [-0.15, -0.1) is 0 Å². The van der Waals surface area contributed by atoms with Crippen molar-refractivity contribution < 1.29 is 23.5 Å². The number of fused-ring (bicyclic) bond motifs is 2. The summed E-state index contributed by atoms with van der Waals surface area (Å²) in [6.45, 7) is 4.15. The molecule has 36 heavy (non-hydrogen) atoms. The summed E-state index contributed by atoms with van der Waals surface area (Å²) in [5, 5.41) is 3.00. The number of amides is 1. The minimum absolute atomic E-state index is 0.0679. The third kappa shape index (κ3) is 5.01. The highest BCUT2D eigenvalue weighted by Gasteiger charge is 2.54. The first-order valence-corrected chi connectivity index (χ1v) is 13.0. The number of benzene rings is 1. The van der Waals surface area contributed by atoms with E-state index in [1.807, 2.05) is 31.2 Å². The number of carbonyl (C=O) groups excluding carboxylic acids is 2. The molecule has 2 heterocycles. The maximum Gasteiger partial charge on any atom is 0.407 e. The van der Waals surface area contributed by atoms with Crippen LogP contribution in [0.2, 0.25) is 0 Å². The number of allylic oxidation sites excluding steroid dienone is 1. The van der Waals surface area contributed by atoms with Crippen molar-refractivity contribution in [2.24, 2.45) is 29.6 Å². The number of nitrogens with zero attached hydrogens (tertiary/aromatic N) is 1. The van der Waals surface area contributed by atoms with Crippen molar-refractivity contribution in [1.29, 1.82) is 0 Å². The minimum atomic E-state index is -0.368. The summed E-state index contributed by atoms with van der Waals surface area (Å²) in [4.78, 5) is 29.2. The normalized spacial score (nSPS) is 31.4. The van der Waals surface area contributed by atoms with Gasteiger partial charge in [-0.1, -0.05) is 24.3 Å². The van der Waals surface area contributed by atoms with Gasteiger partial charge < -0.3 is 14.8 Å². The summed E-state index contributed by atoms with van der Waals surface area (Å²) in [5.41, 5.74) is 2.48. The van der Waals surface area contributed by atoms with E-state index in [9.17, 15) is 14.0 Å². The molecule has 1 aromatic carbocycles. The van der Waals surface area contributed by atoms with Crippen LogP contribution in [0.3, 0.4) is 0 Å². The number of ether oxygens (including phenoxy) is 2. The van der Waals surface area contributed by atoms with E-state index in [0.29, 0.717) is 18.4 Å². The van der Waals surface area contributed by atoms with Gasteiger partial charge in [0.05, 0.1) is 18.2 Å². The van der Waals surface area contributed by atoms with Gasteiger partial charge in [0.2, 0.25) is 0 Å². The van der Waals surface area contributed by atoms with Crippen LogP contribution in [0, 0.1) is 35.4 Å². The molecule has 1 saturated heterocycles. The maximum absolute atomic E-state index is 13.6. The van der Waals surface area contributed by atoms with Gasteiger partial charge in [-0.05, 0) is 87.1 Å². The molecule has 1 aliphatic heterocycles. The van der Waals surface area contributed by atoms with Crippen LogP contribution in [0.5, 0.6) is 0 Å². The number of pyridine rings is 1. The molecule has 2 saturated carbocycles. The zero-order chi connectivity index (χ0) is 25.2. The smallest absolute Gasteiger partial charge is 0.407 e. The van der Waals surface area contributed by atoms with Gasteiger partial charge in [0.1, 0.15) is 11.9 Å². The third-order valence-electron chi connectivity index (χ3n) is 8.18. The number of carbonyl (C=O) groups is 2. The van der Waals surface area contributed by atoms with Gasteiger partial charge in [-0.2, -0.15) is 0 Å². The highest BCUT2D eigenvalue weighted by Crippen LogP contribution is 2.53. The van der Waals surface area contributed by atoms with Crippen molar-refractivity contribution in [3.63, 3.8) is 0 Å². The van der Waals surface area contributed by atoms with Crippen molar-refractivity contribution in [2.45, 2.75) is 51.7 Å². The molecule has 3 aliphatic rings. The van der Waals surface area contributed by atoms with E-state index >= 15 is 0 Å². The molecule has 2 aliphatic carbocycles. The molecule has 1 aromatic heterocycles. The molecular weight excluding hydrogens is 459 g/mol. The molecule has 2 aromatic rings. The van der Waals surface area contributed by atoms with Gasteiger partial charge in [-0.25, -0.2) is 9.18 Å². The van der Waals surface area contributed by atoms with Crippen molar-refractivity contribution >= 4 is 18.1 Å². The number of esters is 1. The Labute approximate surface area is 211 Å². The quantitative estimate of drug-likeness (QED) is 0.548. The van der Waals surface area contributed by atoms with Crippen LogP contribution in [-0.2, 0) is 14.3 Å². The van der Waals surface area contributed by atoms with Crippen LogP contribution in [0.15, 0.2) is 48.7 Å². The van der Waals surface area contributed by atoms with Crippen LogP contribution < -0.4 is 5.32 Å². The van der Waals surface area contributed by atoms with E-state index in [4.69, 9.17) is 9.47 Å². The maximum atomic E-state index is 13.6. The Morgan fingerprint density at radius 3 is 2.83 bits per heavy atom. The lowest BCUT2D eigenvalue weighted by Gasteiger charge is -2.47. The first-order chi connectivity index (χ1) is 17.4. The summed E-state index contributed by atoms with van der Waals surface area (Å²) < 4.78 is 24.3. The second-order valence-corrected chi connectivity index (χ2v) is 10.3. The van der Waals surface area contributed by atoms with E-state index in [0.717, 1.165) is 42.5 Å². The van der Waals surface area contributed by atoms with E-state index in [-0.39, 0.29) is 47.8 Å². The second-order valence-electron chi connectivity index (χ2n) is 10.3. The van der Waals surface area contributed by atoms with Gasteiger partial charge in [0.25, 0.3) is 0 Å². The van der Waals surface area contributed by atoms with Gasteiger partial charge in [0.15, 0.2) is 0 Å². The van der Waals surface area contributed by atoms with Gasteiger partial charge in [0, 0.05) is 23.7 Å². The summed E-state index contributed by atoms with van der Waals surface area (Å²) >= 11 is 0. The molecule has 0 bridgehead atoms. The largest absolute Gasteiger partial charge is 0.462 e. The topological polar surface area (TPSA) is 77.5 Å². The zero-order valence-corrected chi connectivity index (χ0v) is 20.7. The lowest BCUT2D eigenvalue weighted by atomic mass is 9.57. The van der Waals surface area contributed by atoms with Crippen molar-refractivity contribution in [3.8, 4) is 11.1 Å². The monoisotopic (exact) mass is 492 g/mol. The van der Waals surface area contributed by atoms with Crippen LogP contribution in [0.1, 0.15) is 45.2 Å². The number of rotatable bonds is 5. The Morgan fingerprint density at radius 1 is 1.22 bits per heavy atom. The Bertz CT molecular complexity index is 1130. The standard InChI is InChI=1S/C29H33FN2O4/c1-3-35-29(34)32-23-10-11-24-20(14-23)15-26-27(17(2)36-28(26)33)25(24)12-9-22-8-7-19(16-31-22)18-5-4-6-21(30)13-18/h4-9,12-13,16-17,20,23-27H,3,10-11,14-15H2,1-2H3,(H,32,34)/t17-,20+,23-,24-,25-,26-,27+/m0/s1. The Kier molecular flexibility index (Phi) is 7.08. The molecule has 3 fully saturated rings. The summed E-state index contributed by atoms with van der Waals surface area (Å²) in [7, 11) is 0. The molecule has 0 unspecified atom stereocenters. The number of alkyl carbamates (subject to hydrolysis) is 1. The van der Waals surface area contributed by atoms with Crippen LogP contribution in [-0.4, -0.2) is 35.8 Å². The van der Waals surface area contributed by atoms with Crippen LogP contribution in [0.25, 0.3) is 17.2 Å². The number of nitrogens with one attached hydrogen (secondary N) is 1. The third-order valence-corrected chi connectivity index (χ3v) is 8.18. The lowest BCUT2D eigenvalue weighted by Crippen LogP contribution is -2.48. The Morgan fingerprint density at radius 2 is 2.08 bits per heavy atom. The first kappa shape index (κ1) is 24.5. The Hall–Kier alpha value is -3.22. The Balaban J connectivity index is 1.34. The number of aromatic nitrogens is 1. The predicted octanol–water partition coefficient (Wildman–Crippen LogP) is 5.63. The predicted molar refractivity (Wildman–Crippen MR) is 134 cm³/mol. The highest BCUT2D eigenvalue weighted by atomic mass is 19.1. The number of halogens is 1. The minimum Gasteiger partial charge on any atom is -0.462 e. The molecule has 7 atom stereocenters. The fraction of sp³-hybridized carbons (Fsp3) is 0.483. The molecule has 0 spiro atoms. The average molecular weight is 493 g/mol. The zero-order valence-electron chi connectivity index (χ0n) is 20.7. The molecule has 1 N–H and O–H groups in total. The van der Waals surface area contributed by atoms with Gasteiger partial charge in [-0.3, -0.25) is 9.78 Å². The van der Waals surface area contributed by atoms with Crippen molar-refractivity contribution in [3.05, 3.63) is 60.2 Å². The SMILES string of the molecule is CCOC(=O)N[C@H]1CC[C@H]2[C@H](C1)C[C@@H]1C(=O)O[C@@H](C)[C@@H]1[C@H]2C=Cc1ccc(-c2cccc(F)c2)cn1. The number of hydrogen-bond acceptors (Lipinski definition) is 5. The van der Waals surface area contributed by atoms with E-state index < -0.39 is 0 Å². The lowest BCUT2D eigenvalue weighted by molar-refractivity contribution is -0.144. The first-order valence-electron chi connectivity index (χ1n) is 13.0. The second kappa shape index (κ2) is 10.4. The van der Waals surface area contributed by atoms with Crippen LogP contribution in [0.4, 0.5) is 9.18 Å². The molecule has 6 nitrogen and oxygen atoms in total. The molecule has 0 radical (unpaired) electrons. The fourth-order valence-electron chi connectivity index (χ4n) is 6.64. The number of cyclic esters (lactones) is 1. The number of hydrogen-bond donors (Lipinski definition) is 1. The van der Waals surface area contributed by atoms with Crippen molar-refractivity contribution in [1.82, 2.24) is 10.3 Å². The summed E-state index contributed by atoms with van der Waals surface area (Å²) in [6, 6.07) is 10.4. The van der Waals surface area contributed by atoms with Gasteiger partial charge >= 0.3 is 12.1 Å². The van der Waals surface area contributed by atoms with Crippen molar-refractivity contribution in [2.75, 3.05) is 6.61 Å². The van der Waals surface area contributed by atoms with E-state index in [1.54, 1.807) is 19.2 Å². The molecule has 7 heteroatoms. The average Bonchev–Trinajstić information content (AvgIpc) is 3.15. The molecule has 5 rings (SSSR count). The molecule has 190 valence electrons. The summed E-state index contributed by atoms with van der Waals surface area (Å²) in [6.07, 6.45) is 9.07. The molecular formula is C29H33FN2O4. The molecule has 1 amide bonds. The van der Waals surface area contributed by atoms with Crippen LogP contribution >= 0.6 is 0 Å². The van der Waals surface area contributed by atoms with E-state index in [1.165, 1.54) is 12.1 Å². The highest BCUT2D eigenvalue weighted by molar-refractivity contribution is 5.75. The fourth-order valence-corrected chi connectivity index (χ4v) is 6.64. The summed E-state index contributed by atoms with van der Waals surface area (Å²) in [5.74, 6) is 0.629. The van der Waals surface area contributed by atoms with E-state index in [2.05, 4.69) is 16.4 Å².